The molecule has 5 heteroatoms. The molecule has 2 heterocycles. The normalized spacial score (nSPS) is 17.0. The van der Waals surface area contributed by atoms with Crippen molar-refractivity contribution in [2.45, 2.75) is 45.7 Å². The Morgan fingerprint density at radius 3 is 2.52 bits per heavy atom. The Morgan fingerprint density at radius 1 is 1.24 bits per heavy atom. The lowest BCUT2D eigenvalue weighted by atomic mass is 10.00. The molecule has 0 bridgehead atoms. The van der Waals surface area contributed by atoms with Crippen LogP contribution >= 0.6 is 0 Å². The van der Waals surface area contributed by atoms with E-state index in [0.29, 0.717) is 5.92 Å². The van der Waals surface area contributed by atoms with Gasteiger partial charge in [0.2, 0.25) is 0 Å². The Balaban J connectivity index is 1.85. The number of anilines is 1. The van der Waals surface area contributed by atoms with Crippen molar-refractivity contribution in [1.29, 1.82) is 0 Å². The number of hydrogen-bond donors (Lipinski definition) is 1. The summed E-state index contributed by atoms with van der Waals surface area (Å²) in [5, 5.41) is 3.42. The predicted octanol–water partition coefficient (Wildman–Crippen LogP) is 2.23. The Morgan fingerprint density at radius 2 is 1.95 bits per heavy atom. The van der Waals surface area contributed by atoms with Gasteiger partial charge in [0, 0.05) is 38.9 Å². The summed E-state index contributed by atoms with van der Waals surface area (Å²) in [6.45, 7) is 10.0. The van der Waals surface area contributed by atoms with Gasteiger partial charge in [0.1, 0.15) is 5.82 Å². The van der Waals surface area contributed by atoms with Crippen LogP contribution in [-0.4, -0.2) is 42.3 Å². The Bertz CT molecular complexity index is 421. The average Bonchev–Trinajstić information content (AvgIpc) is 2.46. The summed E-state index contributed by atoms with van der Waals surface area (Å²) >= 11 is 0. The standard InChI is InChI=1S/C16H28N4O/c1-16(2,3)19-10-14-9-18-15(11-17-14)20(4)12-13-5-7-21-8-6-13/h9,11,13,19H,5-8,10,12H2,1-4H3. The van der Waals surface area contributed by atoms with Crippen molar-refractivity contribution in [3.8, 4) is 0 Å². The molecule has 1 saturated heterocycles. The monoisotopic (exact) mass is 292 g/mol. The highest BCUT2D eigenvalue weighted by molar-refractivity contribution is 5.34. The van der Waals surface area contributed by atoms with Gasteiger partial charge >= 0.3 is 0 Å². The molecule has 1 aliphatic heterocycles. The first-order valence-corrected chi connectivity index (χ1v) is 7.79. The number of hydrogen-bond acceptors (Lipinski definition) is 5. The van der Waals surface area contributed by atoms with E-state index in [1.165, 1.54) is 0 Å². The van der Waals surface area contributed by atoms with Crippen LogP contribution in [0.3, 0.4) is 0 Å². The quantitative estimate of drug-likeness (QED) is 0.902. The summed E-state index contributed by atoms with van der Waals surface area (Å²) in [6.07, 6.45) is 6.03. The van der Waals surface area contributed by atoms with Crippen LogP contribution < -0.4 is 10.2 Å². The highest BCUT2D eigenvalue weighted by Gasteiger charge is 2.16. The molecule has 0 amide bonds. The third-order valence-electron chi connectivity index (χ3n) is 3.76. The minimum Gasteiger partial charge on any atom is -0.381 e. The smallest absolute Gasteiger partial charge is 0.146 e. The molecule has 0 saturated carbocycles. The molecule has 118 valence electrons. The van der Waals surface area contributed by atoms with Gasteiger partial charge in [0.15, 0.2) is 0 Å². The number of nitrogens with zero attached hydrogens (tertiary/aromatic N) is 3. The van der Waals surface area contributed by atoms with Crippen molar-refractivity contribution in [2.75, 3.05) is 31.7 Å². The third kappa shape index (κ3) is 5.59. The van der Waals surface area contributed by atoms with E-state index in [1.807, 2.05) is 12.4 Å². The minimum absolute atomic E-state index is 0.0974. The van der Waals surface area contributed by atoms with Crippen LogP contribution in [0.2, 0.25) is 0 Å². The summed E-state index contributed by atoms with van der Waals surface area (Å²) in [7, 11) is 2.09. The first-order chi connectivity index (χ1) is 9.94. The fourth-order valence-electron chi connectivity index (χ4n) is 2.40. The molecule has 2 rings (SSSR count). The van der Waals surface area contributed by atoms with Crippen LogP contribution in [0.4, 0.5) is 5.82 Å². The minimum atomic E-state index is 0.0974. The highest BCUT2D eigenvalue weighted by Crippen LogP contribution is 2.18. The zero-order valence-electron chi connectivity index (χ0n) is 13.7. The highest BCUT2D eigenvalue weighted by atomic mass is 16.5. The zero-order valence-corrected chi connectivity index (χ0v) is 13.7. The lowest BCUT2D eigenvalue weighted by Gasteiger charge is -2.27. The second-order valence-electron chi connectivity index (χ2n) is 6.91. The van der Waals surface area contributed by atoms with Gasteiger partial charge in [-0.25, -0.2) is 4.98 Å². The van der Waals surface area contributed by atoms with Crippen molar-refractivity contribution in [2.24, 2.45) is 5.92 Å². The molecule has 21 heavy (non-hydrogen) atoms. The van der Waals surface area contributed by atoms with Crippen LogP contribution in [0.15, 0.2) is 12.4 Å². The predicted molar refractivity (Wildman–Crippen MR) is 85.4 cm³/mol. The lowest BCUT2D eigenvalue weighted by Crippen LogP contribution is -2.35. The van der Waals surface area contributed by atoms with E-state index in [1.54, 1.807) is 0 Å². The third-order valence-corrected chi connectivity index (χ3v) is 3.76. The number of aromatic nitrogens is 2. The molecular formula is C16H28N4O. The molecular weight excluding hydrogens is 264 g/mol. The molecule has 1 fully saturated rings. The van der Waals surface area contributed by atoms with Crippen LogP contribution in [0.5, 0.6) is 0 Å². The Labute approximate surface area is 128 Å². The van der Waals surface area contributed by atoms with E-state index in [0.717, 1.165) is 50.7 Å². The molecule has 0 atom stereocenters. The van der Waals surface area contributed by atoms with Crippen LogP contribution in [0.1, 0.15) is 39.3 Å². The molecule has 0 unspecified atom stereocenters. The van der Waals surface area contributed by atoms with E-state index in [-0.39, 0.29) is 5.54 Å². The molecule has 1 aliphatic rings. The summed E-state index contributed by atoms with van der Waals surface area (Å²) in [6, 6.07) is 0. The summed E-state index contributed by atoms with van der Waals surface area (Å²) in [4.78, 5) is 11.2. The largest absolute Gasteiger partial charge is 0.381 e. The van der Waals surface area contributed by atoms with Crippen LogP contribution in [-0.2, 0) is 11.3 Å². The van der Waals surface area contributed by atoms with E-state index >= 15 is 0 Å². The van der Waals surface area contributed by atoms with E-state index < -0.39 is 0 Å². The maximum absolute atomic E-state index is 5.40. The van der Waals surface area contributed by atoms with Crippen molar-refractivity contribution in [1.82, 2.24) is 15.3 Å². The molecule has 1 aromatic heterocycles. The van der Waals surface area contributed by atoms with E-state index in [2.05, 4.69) is 48.0 Å². The number of ether oxygens (including phenoxy) is 1. The Hall–Kier alpha value is -1.20. The van der Waals surface area contributed by atoms with Gasteiger partial charge in [-0.1, -0.05) is 0 Å². The molecule has 0 aromatic carbocycles. The van der Waals surface area contributed by atoms with Gasteiger partial charge in [-0.05, 0) is 39.5 Å². The molecule has 0 spiro atoms. The fourth-order valence-corrected chi connectivity index (χ4v) is 2.40. The van der Waals surface area contributed by atoms with Gasteiger partial charge in [0.25, 0.3) is 0 Å². The summed E-state index contributed by atoms with van der Waals surface area (Å²) in [5.74, 6) is 1.65. The van der Waals surface area contributed by atoms with Crippen LogP contribution in [0.25, 0.3) is 0 Å². The SMILES string of the molecule is CN(CC1CCOCC1)c1cnc(CNC(C)(C)C)cn1. The molecule has 0 aliphatic carbocycles. The van der Waals surface area contributed by atoms with E-state index in [4.69, 9.17) is 4.74 Å². The van der Waals surface area contributed by atoms with E-state index in [9.17, 15) is 0 Å². The summed E-state index contributed by atoms with van der Waals surface area (Å²) in [5.41, 5.74) is 1.08. The molecule has 0 radical (unpaired) electrons. The van der Waals surface area contributed by atoms with Crippen molar-refractivity contribution >= 4 is 5.82 Å². The second kappa shape index (κ2) is 7.18. The van der Waals surface area contributed by atoms with Gasteiger partial charge < -0.3 is 15.0 Å². The van der Waals surface area contributed by atoms with Crippen molar-refractivity contribution in [3.63, 3.8) is 0 Å². The number of rotatable bonds is 5. The van der Waals surface area contributed by atoms with Gasteiger partial charge in [-0.15, -0.1) is 0 Å². The Kier molecular flexibility index (Phi) is 5.53. The van der Waals surface area contributed by atoms with Crippen molar-refractivity contribution in [3.05, 3.63) is 18.1 Å². The van der Waals surface area contributed by atoms with Gasteiger partial charge in [0.05, 0.1) is 18.1 Å². The van der Waals surface area contributed by atoms with Crippen molar-refractivity contribution < 1.29 is 4.74 Å². The average molecular weight is 292 g/mol. The summed E-state index contributed by atoms with van der Waals surface area (Å²) < 4.78 is 5.40. The first kappa shape index (κ1) is 16.2. The maximum atomic E-state index is 5.40. The zero-order chi connectivity index (χ0) is 15.3. The lowest BCUT2D eigenvalue weighted by molar-refractivity contribution is 0.0685. The van der Waals surface area contributed by atoms with Gasteiger partial charge in [-0.3, -0.25) is 4.98 Å². The van der Waals surface area contributed by atoms with Crippen LogP contribution in [0, 0.1) is 5.92 Å². The molecule has 1 aromatic rings. The number of nitrogens with one attached hydrogen (secondary N) is 1. The fraction of sp³-hybridized carbons (Fsp3) is 0.750. The molecule has 1 N–H and O–H groups in total. The van der Waals surface area contributed by atoms with Gasteiger partial charge in [-0.2, -0.15) is 0 Å². The maximum Gasteiger partial charge on any atom is 0.146 e. The first-order valence-electron chi connectivity index (χ1n) is 7.79. The topological polar surface area (TPSA) is 50.3 Å². The second-order valence-corrected chi connectivity index (χ2v) is 6.91. The molecule has 5 nitrogen and oxygen atoms in total.